The molecule has 6 nitrogen and oxygen atoms in total. The molecule has 0 atom stereocenters. The Balaban J connectivity index is 1.33. The topological polar surface area (TPSA) is 72.1 Å². The Hall–Kier alpha value is -2.50. The number of aromatic nitrogens is 3. The van der Waals surface area contributed by atoms with Gasteiger partial charge in [-0.25, -0.2) is 0 Å². The monoisotopic (exact) mass is 352 g/mol. The Bertz CT molecular complexity index is 776. The summed E-state index contributed by atoms with van der Waals surface area (Å²) in [6, 6.07) is 5.64. The molecule has 1 saturated heterocycles. The second kappa shape index (κ2) is 7.81. The molecule has 2 aromatic rings. The highest BCUT2D eigenvalue weighted by atomic mass is 16.5. The van der Waals surface area contributed by atoms with Crippen molar-refractivity contribution in [3.63, 3.8) is 0 Å². The van der Waals surface area contributed by atoms with E-state index in [0.29, 0.717) is 18.1 Å². The van der Waals surface area contributed by atoms with Crippen LogP contribution in [0.1, 0.15) is 56.8 Å². The van der Waals surface area contributed by atoms with E-state index in [1.54, 1.807) is 6.20 Å². The number of allylic oxidation sites excluding steroid dienone is 1. The molecule has 136 valence electrons. The lowest BCUT2D eigenvalue weighted by Gasteiger charge is -2.31. The van der Waals surface area contributed by atoms with E-state index in [0.717, 1.165) is 44.5 Å². The summed E-state index contributed by atoms with van der Waals surface area (Å²) in [7, 11) is 0. The van der Waals surface area contributed by atoms with Gasteiger partial charge in [-0.15, -0.1) is 0 Å². The lowest BCUT2D eigenvalue weighted by molar-refractivity contribution is -0.131. The zero-order chi connectivity index (χ0) is 17.8. The summed E-state index contributed by atoms with van der Waals surface area (Å²) in [4.78, 5) is 23.3. The van der Waals surface area contributed by atoms with Gasteiger partial charge in [0.25, 0.3) is 0 Å². The number of hydrogen-bond donors (Lipinski definition) is 0. The molecule has 0 spiro atoms. The Morgan fingerprint density at radius 2 is 2.12 bits per heavy atom. The Labute approximate surface area is 153 Å². The number of nitrogens with zero attached hydrogens (tertiary/aromatic N) is 4. The van der Waals surface area contributed by atoms with Gasteiger partial charge in [-0.1, -0.05) is 22.9 Å². The molecule has 0 radical (unpaired) electrons. The minimum absolute atomic E-state index is 0.220. The summed E-state index contributed by atoms with van der Waals surface area (Å²) in [6.07, 6.45) is 11.0. The molecular formula is C20H24N4O2. The fourth-order valence-corrected chi connectivity index (χ4v) is 3.75. The van der Waals surface area contributed by atoms with Crippen LogP contribution in [0.2, 0.25) is 0 Å². The maximum atomic E-state index is 12.5. The molecule has 1 amide bonds. The molecule has 2 aromatic heterocycles. The number of carbonyl (C=O) groups is 1. The van der Waals surface area contributed by atoms with Crippen LogP contribution in [0.3, 0.4) is 0 Å². The van der Waals surface area contributed by atoms with Gasteiger partial charge < -0.3 is 9.42 Å². The number of hydrogen-bond acceptors (Lipinski definition) is 5. The van der Waals surface area contributed by atoms with Gasteiger partial charge in [-0.05, 0) is 50.7 Å². The zero-order valence-corrected chi connectivity index (χ0v) is 14.9. The van der Waals surface area contributed by atoms with Crippen molar-refractivity contribution in [3.8, 4) is 11.5 Å². The van der Waals surface area contributed by atoms with E-state index in [2.05, 4.69) is 21.2 Å². The molecule has 0 N–H and O–H groups in total. The number of amides is 1. The quantitative estimate of drug-likeness (QED) is 0.784. The van der Waals surface area contributed by atoms with Crippen molar-refractivity contribution in [2.24, 2.45) is 0 Å². The molecule has 4 rings (SSSR count). The first kappa shape index (κ1) is 16.9. The van der Waals surface area contributed by atoms with E-state index in [1.807, 2.05) is 23.1 Å². The number of rotatable bonds is 4. The lowest BCUT2D eigenvalue weighted by atomic mass is 9.94. The van der Waals surface area contributed by atoms with Crippen molar-refractivity contribution < 1.29 is 9.32 Å². The molecule has 3 heterocycles. The first-order valence-electron chi connectivity index (χ1n) is 9.50. The first-order chi connectivity index (χ1) is 12.8. The van der Waals surface area contributed by atoms with E-state index in [9.17, 15) is 4.79 Å². The molecule has 1 fully saturated rings. The van der Waals surface area contributed by atoms with E-state index >= 15 is 0 Å². The summed E-state index contributed by atoms with van der Waals surface area (Å²) in [6.45, 7) is 1.52. The van der Waals surface area contributed by atoms with Crippen LogP contribution in [-0.4, -0.2) is 39.0 Å². The molecule has 0 bridgehead atoms. The van der Waals surface area contributed by atoms with Crippen LogP contribution in [0.4, 0.5) is 0 Å². The van der Waals surface area contributed by atoms with Crippen molar-refractivity contribution >= 4 is 5.91 Å². The van der Waals surface area contributed by atoms with Crippen LogP contribution < -0.4 is 0 Å². The standard InChI is InChI=1S/C20H24N4O2/c25-18(14-15-6-2-1-3-7-15)24-12-9-16(10-13-24)20-22-19(23-26-20)17-8-4-5-11-21-17/h4-6,8,11,16H,1-3,7,9-10,12-14H2. The normalized spacial score (nSPS) is 18.6. The predicted octanol–water partition coefficient (Wildman–Crippen LogP) is 3.73. The summed E-state index contributed by atoms with van der Waals surface area (Å²) < 4.78 is 5.46. The van der Waals surface area contributed by atoms with Gasteiger partial charge >= 0.3 is 0 Å². The van der Waals surface area contributed by atoms with Gasteiger partial charge in [-0.2, -0.15) is 4.98 Å². The summed E-state index contributed by atoms with van der Waals surface area (Å²) in [5, 5.41) is 4.06. The van der Waals surface area contributed by atoms with E-state index in [1.165, 1.54) is 18.4 Å². The maximum absolute atomic E-state index is 12.5. The third kappa shape index (κ3) is 3.84. The maximum Gasteiger partial charge on any atom is 0.230 e. The van der Waals surface area contributed by atoms with Crippen molar-refractivity contribution in [1.82, 2.24) is 20.0 Å². The highest BCUT2D eigenvalue weighted by Crippen LogP contribution is 2.29. The van der Waals surface area contributed by atoms with Crippen molar-refractivity contribution in [3.05, 3.63) is 41.9 Å². The van der Waals surface area contributed by atoms with E-state index < -0.39 is 0 Å². The molecule has 2 aliphatic rings. The second-order valence-corrected chi connectivity index (χ2v) is 7.11. The Morgan fingerprint density at radius 3 is 2.85 bits per heavy atom. The third-order valence-electron chi connectivity index (χ3n) is 5.30. The van der Waals surface area contributed by atoms with Crippen LogP contribution in [0, 0.1) is 0 Å². The molecule has 0 saturated carbocycles. The van der Waals surface area contributed by atoms with Crippen LogP contribution >= 0.6 is 0 Å². The number of likely N-dealkylation sites (tertiary alicyclic amines) is 1. The van der Waals surface area contributed by atoms with Crippen LogP contribution in [0.5, 0.6) is 0 Å². The van der Waals surface area contributed by atoms with Crippen LogP contribution in [0.25, 0.3) is 11.5 Å². The number of carbonyl (C=O) groups excluding carboxylic acids is 1. The van der Waals surface area contributed by atoms with Crippen LogP contribution in [-0.2, 0) is 4.79 Å². The fourth-order valence-electron chi connectivity index (χ4n) is 3.75. The largest absolute Gasteiger partial charge is 0.342 e. The molecule has 1 aliphatic carbocycles. The average Bonchev–Trinajstić information content (AvgIpc) is 3.20. The summed E-state index contributed by atoms with van der Waals surface area (Å²) in [5.41, 5.74) is 2.04. The number of pyridine rings is 1. The zero-order valence-electron chi connectivity index (χ0n) is 14.9. The molecular weight excluding hydrogens is 328 g/mol. The smallest absolute Gasteiger partial charge is 0.230 e. The highest BCUT2D eigenvalue weighted by molar-refractivity contribution is 5.78. The lowest BCUT2D eigenvalue weighted by Crippen LogP contribution is -2.38. The average molecular weight is 352 g/mol. The summed E-state index contributed by atoms with van der Waals surface area (Å²) >= 11 is 0. The van der Waals surface area contributed by atoms with Crippen molar-refractivity contribution in [2.45, 2.75) is 50.9 Å². The van der Waals surface area contributed by atoms with Gasteiger partial charge in [0.15, 0.2) is 0 Å². The number of piperidine rings is 1. The Kier molecular flexibility index (Phi) is 5.09. The van der Waals surface area contributed by atoms with E-state index in [4.69, 9.17) is 4.52 Å². The van der Waals surface area contributed by atoms with Gasteiger partial charge in [-0.3, -0.25) is 9.78 Å². The van der Waals surface area contributed by atoms with Crippen molar-refractivity contribution in [1.29, 1.82) is 0 Å². The van der Waals surface area contributed by atoms with Crippen molar-refractivity contribution in [2.75, 3.05) is 13.1 Å². The van der Waals surface area contributed by atoms with Gasteiger partial charge in [0.1, 0.15) is 5.69 Å². The molecule has 0 unspecified atom stereocenters. The van der Waals surface area contributed by atoms with Gasteiger partial charge in [0.05, 0.1) is 0 Å². The molecule has 1 aliphatic heterocycles. The summed E-state index contributed by atoms with van der Waals surface area (Å²) in [5.74, 6) is 1.67. The molecule has 26 heavy (non-hydrogen) atoms. The molecule has 0 aromatic carbocycles. The fraction of sp³-hybridized carbons (Fsp3) is 0.500. The minimum atomic E-state index is 0.220. The SMILES string of the molecule is O=C(CC1=CCCCC1)N1CCC(c2nc(-c3ccccn3)no2)CC1. The third-order valence-corrected chi connectivity index (χ3v) is 5.30. The first-order valence-corrected chi connectivity index (χ1v) is 9.50. The molecule has 6 heteroatoms. The van der Waals surface area contributed by atoms with Gasteiger partial charge in [0, 0.05) is 31.6 Å². The predicted molar refractivity (Wildman–Crippen MR) is 97.3 cm³/mol. The Morgan fingerprint density at radius 1 is 1.23 bits per heavy atom. The van der Waals surface area contributed by atoms with Gasteiger partial charge in [0.2, 0.25) is 17.6 Å². The minimum Gasteiger partial charge on any atom is -0.342 e. The van der Waals surface area contributed by atoms with E-state index in [-0.39, 0.29) is 11.8 Å². The second-order valence-electron chi connectivity index (χ2n) is 7.11. The van der Waals surface area contributed by atoms with Crippen LogP contribution in [0.15, 0.2) is 40.6 Å². The highest BCUT2D eigenvalue weighted by Gasteiger charge is 2.28.